The lowest BCUT2D eigenvalue weighted by atomic mass is 9.82. The molecule has 2 saturated carbocycles. The van der Waals surface area contributed by atoms with Gasteiger partial charge >= 0.3 is 0 Å². The van der Waals surface area contributed by atoms with Gasteiger partial charge in [0.2, 0.25) is 11.8 Å². The molecule has 0 radical (unpaired) electrons. The molecule has 0 bridgehead atoms. The van der Waals surface area contributed by atoms with Crippen molar-refractivity contribution in [2.45, 2.75) is 70.4 Å². The minimum Gasteiger partial charge on any atom is -0.340 e. The summed E-state index contributed by atoms with van der Waals surface area (Å²) in [5, 5.41) is 3.01. The Bertz CT molecular complexity index is 442. The molecule has 0 aromatic rings. The van der Waals surface area contributed by atoms with E-state index in [1.54, 1.807) is 0 Å². The Morgan fingerprint density at radius 3 is 2.35 bits per heavy atom. The molecule has 1 heterocycles. The molecule has 3 rings (SSSR count). The highest BCUT2D eigenvalue weighted by Crippen LogP contribution is 2.46. The number of piperazine rings is 1. The van der Waals surface area contributed by atoms with Crippen LogP contribution in [0.25, 0.3) is 0 Å². The monoisotopic (exact) mass is 278 g/mol. The van der Waals surface area contributed by atoms with Crippen LogP contribution in [0.2, 0.25) is 0 Å². The molecule has 4 heteroatoms. The first kappa shape index (κ1) is 13.9. The molecule has 1 saturated heterocycles. The van der Waals surface area contributed by atoms with Crippen LogP contribution in [0.5, 0.6) is 0 Å². The van der Waals surface area contributed by atoms with Crippen LogP contribution in [0.3, 0.4) is 0 Å². The third-order valence-corrected chi connectivity index (χ3v) is 5.66. The largest absolute Gasteiger partial charge is 0.340 e. The van der Waals surface area contributed by atoms with E-state index in [-0.39, 0.29) is 11.8 Å². The van der Waals surface area contributed by atoms with Crippen molar-refractivity contribution in [1.82, 2.24) is 10.2 Å². The van der Waals surface area contributed by atoms with E-state index in [0.717, 1.165) is 31.7 Å². The summed E-state index contributed by atoms with van der Waals surface area (Å²) in [4.78, 5) is 27.5. The van der Waals surface area contributed by atoms with Crippen LogP contribution in [0.4, 0.5) is 0 Å². The molecule has 1 N–H and O–H groups in total. The van der Waals surface area contributed by atoms with Gasteiger partial charge in [-0.2, -0.15) is 0 Å². The number of rotatable bonds is 5. The molecule has 2 aliphatic carbocycles. The quantitative estimate of drug-likeness (QED) is 0.837. The van der Waals surface area contributed by atoms with E-state index in [1.807, 2.05) is 25.7 Å². The predicted octanol–water partition coefficient (Wildman–Crippen LogP) is 2.08. The average Bonchev–Trinajstić information content (AvgIpc) is 3.28. The van der Waals surface area contributed by atoms with Crippen LogP contribution < -0.4 is 5.32 Å². The second-order valence-electron chi connectivity index (χ2n) is 7.25. The SMILES string of the molecule is CCC1(C)NC(=O)C(C)(C2CC2)N(CCC2CC2)C1=O. The number of nitrogens with one attached hydrogen (secondary N) is 1. The van der Waals surface area contributed by atoms with Crippen LogP contribution in [0.15, 0.2) is 0 Å². The highest BCUT2D eigenvalue weighted by atomic mass is 16.2. The van der Waals surface area contributed by atoms with Crippen molar-refractivity contribution >= 4 is 11.8 Å². The van der Waals surface area contributed by atoms with Crippen molar-refractivity contribution in [3.05, 3.63) is 0 Å². The average molecular weight is 278 g/mol. The van der Waals surface area contributed by atoms with Crippen LogP contribution >= 0.6 is 0 Å². The molecule has 3 aliphatic rings. The third-order valence-electron chi connectivity index (χ3n) is 5.66. The fraction of sp³-hybridized carbons (Fsp3) is 0.875. The zero-order valence-electron chi connectivity index (χ0n) is 12.9. The Morgan fingerprint density at radius 2 is 1.85 bits per heavy atom. The molecule has 0 spiro atoms. The first-order valence-electron chi connectivity index (χ1n) is 8.06. The zero-order chi connectivity index (χ0) is 14.5. The second kappa shape index (κ2) is 4.47. The maximum Gasteiger partial charge on any atom is 0.248 e. The fourth-order valence-electron chi connectivity index (χ4n) is 3.40. The minimum absolute atomic E-state index is 0.0553. The van der Waals surface area contributed by atoms with Crippen LogP contribution in [-0.4, -0.2) is 34.3 Å². The van der Waals surface area contributed by atoms with Gasteiger partial charge in [0.05, 0.1) is 0 Å². The van der Waals surface area contributed by atoms with Crippen molar-refractivity contribution in [1.29, 1.82) is 0 Å². The maximum absolute atomic E-state index is 12.9. The highest BCUT2D eigenvalue weighted by molar-refractivity contribution is 6.02. The summed E-state index contributed by atoms with van der Waals surface area (Å²) in [6.45, 7) is 6.56. The van der Waals surface area contributed by atoms with Crippen molar-refractivity contribution in [3.8, 4) is 0 Å². The van der Waals surface area contributed by atoms with Crippen LogP contribution in [-0.2, 0) is 9.59 Å². The molecule has 3 fully saturated rings. The van der Waals surface area contributed by atoms with Gasteiger partial charge in [-0.3, -0.25) is 9.59 Å². The lowest BCUT2D eigenvalue weighted by Crippen LogP contribution is -2.74. The normalized spacial score (nSPS) is 38.0. The third kappa shape index (κ3) is 2.04. The van der Waals surface area contributed by atoms with E-state index < -0.39 is 11.1 Å². The lowest BCUT2D eigenvalue weighted by Gasteiger charge is -2.50. The number of hydrogen-bond acceptors (Lipinski definition) is 2. The molecule has 20 heavy (non-hydrogen) atoms. The number of nitrogens with zero attached hydrogens (tertiary/aromatic N) is 1. The van der Waals surface area contributed by atoms with Gasteiger partial charge in [-0.05, 0) is 51.4 Å². The number of hydrogen-bond donors (Lipinski definition) is 1. The molecular weight excluding hydrogens is 252 g/mol. The standard InChI is InChI=1S/C16H26N2O2/c1-4-15(2)14(20)18(10-9-11-5-6-11)16(3,12-7-8-12)13(19)17-15/h11-12H,4-10H2,1-3H3,(H,17,19). The van der Waals surface area contributed by atoms with E-state index >= 15 is 0 Å². The van der Waals surface area contributed by atoms with E-state index in [1.165, 1.54) is 12.8 Å². The van der Waals surface area contributed by atoms with Gasteiger partial charge in [0.15, 0.2) is 0 Å². The van der Waals surface area contributed by atoms with Crippen molar-refractivity contribution < 1.29 is 9.59 Å². The molecule has 1 aliphatic heterocycles. The summed E-state index contributed by atoms with van der Waals surface area (Å²) in [5.41, 5.74) is -1.32. The number of carbonyl (C=O) groups excluding carboxylic acids is 2. The summed E-state index contributed by atoms with van der Waals surface area (Å²) in [5.74, 6) is 1.31. The Hall–Kier alpha value is -1.06. The van der Waals surface area contributed by atoms with Gasteiger partial charge < -0.3 is 10.2 Å². The van der Waals surface area contributed by atoms with Gasteiger partial charge in [0.1, 0.15) is 11.1 Å². The molecule has 0 aromatic carbocycles. The molecule has 4 nitrogen and oxygen atoms in total. The summed E-state index contributed by atoms with van der Waals surface area (Å²) in [6, 6.07) is 0. The molecule has 2 unspecified atom stereocenters. The molecular formula is C16H26N2O2. The van der Waals surface area contributed by atoms with E-state index in [0.29, 0.717) is 12.3 Å². The summed E-state index contributed by atoms with van der Waals surface area (Å²) >= 11 is 0. The number of carbonyl (C=O) groups is 2. The van der Waals surface area contributed by atoms with Crippen molar-refractivity contribution in [2.75, 3.05) is 6.54 Å². The summed E-state index contributed by atoms with van der Waals surface area (Å²) < 4.78 is 0. The second-order valence-corrected chi connectivity index (χ2v) is 7.25. The summed E-state index contributed by atoms with van der Waals surface area (Å²) in [6.07, 6.45) is 6.43. The lowest BCUT2D eigenvalue weighted by molar-refractivity contribution is -0.163. The van der Waals surface area contributed by atoms with Gasteiger partial charge in [-0.25, -0.2) is 0 Å². The number of amides is 2. The maximum atomic E-state index is 12.9. The first-order valence-corrected chi connectivity index (χ1v) is 8.06. The Labute approximate surface area is 121 Å². The van der Waals surface area contributed by atoms with Crippen LogP contribution in [0.1, 0.15) is 59.3 Å². The minimum atomic E-state index is -0.713. The Morgan fingerprint density at radius 1 is 1.20 bits per heavy atom. The fourth-order valence-corrected chi connectivity index (χ4v) is 3.40. The smallest absolute Gasteiger partial charge is 0.248 e. The van der Waals surface area contributed by atoms with E-state index in [9.17, 15) is 9.59 Å². The van der Waals surface area contributed by atoms with Gasteiger partial charge in [0, 0.05) is 6.54 Å². The van der Waals surface area contributed by atoms with Gasteiger partial charge in [0.25, 0.3) is 0 Å². The van der Waals surface area contributed by atoms with Gasteiger partial charge in [-0.1, -0.05) is 19.8 Å². The predicted molar refractivity (Wildman–Crippen MR) is 77.0 cm³/mol. The first-order chi connectivity index (χ1) is 9.41. The molecule has 0 aromatic heterocycles. The van der Waals surface area contributed by atoms with Crippen molar-refractivity contribution in [2.24, 2.45) is 11.8 Å². The topological polar surface area (TPSA) is 49.4 Å². The van der Waals surface area contributed by atoms with E-state index in [2.05, 4.69) is 5.32 Å². The van der Waals surface area contributed by atoms with Gasteiger partial charge in [-0.15, -0.1) is 0 Å². The molecule has 2 amide bonds. The molecule has 2 atom stereocenters. The Kier molecular flexibility index (Phi) is 3.11. The Balaban J connectivity index is 1.87. The zero-order valence-corrected chi connectivity index (χ0v) is 12.9. The molecule has 112 valence electrons. The van der Waals surface area contributed by atoms with Crippen molar-refractivity contribution in [3.63, 3.8) is 0 Å². The highest BCUT2D eigenvalue weighted by Gasteiger charge is 2.59. The van der Waals surface area contributed by atoms with Crippen LogP contribution in [0, 0.1) is 11.8 Å². The summed E-state index contributed by atoms with van der Waals surface area (Å²) in [7, 11) is 0. The van der Waals surface area contributed by atoms with E-state index in [4.69, 9.17) is 0 Å².